The number of aryl methyl sites for hydroxylation is 1. The van der Waals surface area contributed by atoms with Crippen LogP contribution in [0.25, 0.3) is 11.0 Å². The number of pyridine rings is 1. The Morgan fingerprint density at radius 1 is 1.32 bits per heavy atom. The second-order valence-corrected chi connectivity index (χ2v) is 5.19. The van der Waals surface area contributed by atoms with Crippen molar-refractivity contribution in [3.63, 3.8) is 0 Å². The van der Waals surface area contributed by atoms with Crippen LogP contribution in [0.1, 0.15) is 11.3 Å². The summed E-state index contributed by atoms with van der Waals surface area (Å²) in [6, 6.07) is 12.6. The average molecular weight is 290 g/mol. The van der Waals surface area contributed by atoms with E-state index in [9.17, 15) is 0 Å². The summed E-state index contributed by atoms with van der Waals surface area (Å²) in [5, 5.41) is 2.36. The molecule has 0 aliphatic carbocycles. The standard InChI is InChI=1S/C15H11Cl2N2/c1-19-11(8-10-4-3-7-18-15(10)19)9-12-13(16)5-2-6-14(12)17/h2-5,7-8H,9H2,1H3. The van der Waals surface area contributed by atoms with E-state index in [2.05, 4.69) is 21.7 Å². The predicted molar refractivity (Wildman–Crippen MR) is 78.8 cm³/mol. The molecule has 0 amide bonds. The molecule has 0 aliphatic rings. The first-order chi connectivity index (χ1) is 9.16. The third kappa shape index (κ3) is 2.22. The van der Waals surface area contributed by atoms with Gasteiger partial charge in [-0.1, -0.05) is 29.3 Å². The van der Waals surface area contributed by atoms with Crippen LogP contribution < -0.4 is 0 Å². The SMILES string of the molecule is Cn1c(Cc2c(Cl)[c]ccc2Cl)cc2cccnc21. The number of nitrogens with zero attached hydrogens (tertiary/aromatic N) is 2. The van der Waals surface area contributed by atoms with E-state index >= 15 is 0 Å². The molecule has 0 atom stereocenters. The highest BCUT2D eigenvalue weighted by atomic mass is 35.5. The fourth-order valence-corrected chi connectivity index (χ4v) is 2.71. The van der Waals surface area contributed by atoms with E-state index in [-0.39, 0.29) is 0 Å². The van der Waals surface area contributed by atoms with E-state index in [0.29, 0.717) is 16.5 Å². The Morgan fingerprint density at radius 2 is 2.16 bits per heavy atom. The fourth-order valence-electron chi connectivity index (χ4n) is 2.21. The van der Waals surface area contributed by atoms with Gasteiger partial charge in [-0.3, -0.25) is 0 Å². The molecule has 0 N–H and O–H groups in total. The third-order valence-electron chi connectivity index (χ3n) is 3.24. The molecule has 95 valence electrons. The van der Waals surface area contributed by atoms with Gasteiger partial charge in [0.05, 0.1) is 5.02 Å². The molecule has 3 aromatic rings. The van der Waals surface area contributed by atoms with Gasteiger partial charge >= 0.3 is 0 Å². The van der Waals surface area contributed by atoms with Gasteiger partial charge in [0.15, 0.2) is 0 Å². The maximum Gasteiger partial charge on any atom is 0.139 e. The minimum absolute atomic E-state index is 0.575. The van der Waals surface area contributed by atoms with Gasteiger partial charge in [-0.15, -0.1) is 0 Å². The molecule has 0 spiro atoms. The molecule has 2 nitrogen and oxygen atoms in total. The van der Waals surface area contributed by atoms with Crippen molar-refractivity contribution in [1.82, 2.24) is 9.55 Å². The van der Waals surface area contributed by atoms with Crippen LogP contribution in [-0.4, -0.2) is 9.55 Å². The number of fused-ring (bicyclic) bond motifs is 1. The van der Waals surface area contributed by atoms with Crippen LogP contribution in [0.4, 0.5) is 0 Å². The zero-order valence-electron chi connectivity index (χ0n) is 10.3. The Bertz CT molecular complexity index is 727. The first kappa shape index (κ1) is 12.5. The Labute approximate surface area is 121 Å². The molecular formula is C15H11Cl2N2. The van der Waals surface area contributed by atoms with Crippen LogP contribution in [-0.2, 0) is 13.5 Å². The molecule has 2 heterocycles. The van der Waals surface area contributed by atoms with Crippen molar-refractivity contribution in [2.24, 2.45) is 7.05 Å². The zero-order valence-corrected chi connectivity index (χ0v) is 11.8. The number of hydrogen-bond acceptors (Lipinski definition) is 1. The normalized spacial score (nSPS) is 11.1. The van der Waals surface area contributed by atoms with Crippen molar-refractivity contribution in [2.75, 3.05) is 0 Å². The first-order valence-electron chi connectivity index (χ1n) is 5.90. The lowest BCUT2D eigenvalue weighted by molar-refractivity contribution is 0.868. The molecule has 0 saturated carbocycles. The lowest BCUT2D eigenvalue weighted by atomic mass is 10.1. The third-order valence-corrected chi connectivity index (χ3v) is 3.93. The quantitative estimate of drug-likeness (QED) is 0.689. The number of rotatable bonds is 2. The van der Waals surface area contributed by atoms with Crippen LogP contribution >= 0.6 is 23.2 Å². The predicted octanol–water partition coefficient (Wildman–Crippen LogP) is 4.27. The Morgan fingerprint density at radius 3 is 2.89 bits per heavy atom. The van der Waals surface area contributed by atoms with E-state index in [1.54, 1.807) is 12.3 Å². The fraction of sp³-hybridized carbons (Fsp3) is 0.133. The molecule has 19 heavy (non-hydrogen) atoms. The van der Waals surface area contributed by atoms with Crippen LogP contribution in [0.2, 0.25) is 10.0 Å². The van der Waals surface area contributed by atoms with Crippen LogP contribution in [0, 0.1) is 6.07 Å². The maximum atomic E-state index is 6.20. The molecule has 0 aliphatic heterocycles. The maximum absolute atomic E-state index is 6.20. The van der Waals surface area contributed by atoms with Gasteiger partial charge in [0.25, 0.3) is 0 Å². The van der Waals surface area contributed by atoms with Crippen LogP contribution in [0.5, 0.6) is 0 Å². The van der Waals surface area contributed by atoms with E-state index in [4.69, 9.17) is 23.2 Å². The van der Waals surface area contributed by atoms with Crippen molar-refractivity contribution >= 4 is 34.2 Å². The van der Waals surface area contributed by atoms with Gasteiger partial charge in [0.2, 0.25) is 0 Å². The number of aromatic nitrogens is 2. The lowest BCUT2D eigenvalue weighted by Crippen LogP contribution is -1.99. The van der Waals surface area contributed by atoms with Gasteiger partial charge in [-0.25, -0.2) is 4.98 Å². The van der Waals surface area contributed by atoms with Gasteiger partial charge in [0, 0.05) is 41.8 Å². The largest absolute Gasteiger partial charge is 0.332 e. The second-order valence-electron chi connectivity index (χ2n) is 4.41. The van der Waals surface area contributed by atoms with Gasteiger partial charge in [-0.05, 0) is 29.8 Å². The van der Waals surface area contributed by atoms with Crippen molar-refractivity contribution in [3.05, 3.63) is 63.9 Å². The Kier molecular flexibility index (Phi) is 3.21. The monoisotopic (exact) mass is 289 g/mol. The Hall–Kier alpha value is -1.51. The summed E-state index contributed by atoms with van der Waals surface area (Å²) in [6.07, 6.45) is 2.46. The number of benzene rings is 1. The molecule has 2 aromatic heterocycles. The zero-order chi connectivity index (χ0) is 13.4. The number of halogens is 2. The van der Waals surface area contributed by atoms with Crippen LogP contribution in [0.3, 0.4) is 0 Å². The highest BCUT2D eigenvalue weighted by Crippen LogP contribution is 2.28. The molecule has 0 saturated heterocycles. The summed E-state index contributed by atoms with van der Waals surface area (Å²) < 4.78 is 2.06. The van der Waals surface area contributed by atoms with E-state index in [1.807, 2.05) is 25.2 Å². The van der Waals surface area contributed by atoms with Gasteiger partial charge in [0.1, 0.15) is 5.65 Å². The molecule has 0 unspecified atom stereocenters. The molecule has 1 aromatic carbocycles. The topological polar surface area (TPSA) is 17.8 Å². The van der Waals surface area contributed by atoms with E-state index in [1.165, 1.54) is 0 Å². The van der Waals surface area contributed by atoms with E-state index < -0.39 is 0 Å². The second kappa shape index (κ2) is 4.87. The van der Waals surface area contributed by atoms with Crippen molar-refractivity contribution in [2.45, 2.75) is 6.42 Å². The molecule has 1 radical (unpaired) electrons. The summed E-state index contributed by atoms with van der Waals surface area (Å²) in [5.41, 5.74) is 2.98. The summed E-state index contributed by atoms with van der Waals surface area (Å²) in [6.45, 7) is 0. The molecule has 0 bridgehead atoms. The number of hydrogen-bond donors (Lipinski definition) is 0. The summed E-state index contributed by atoms with van der Waals surface area (Å²) in [7, 11) is 2.00. The minimum atomic E-state index is 0.575. The summed E-state index contributed by atoms with van der Waals surface area (Å²) in [5.74, 6) is 0. The molecule has 3 rings (SSSR count). The van der Waals surface area contributed by atoms with Crippen LogP contribution in [0.15, 0.2) is 36.5 Å². The van der Waals surface area contributed by atoms with E-state index in [0.717, 1.165) is 22.3 Å². The van der Waals surface area contributed by atoms with Crippen molar-refractivity contribution in [3.8, 4) is 0 Å². The highest BCUT2D eigenvalue weighted by molar-refractivity contribution is 6.35. The van der Waals surface area contributed by atoms with Crippen molar-refractivity contribution < 1.29 is 0 Å². The van der Waals surface area contributed by atoms with Crippen molar-refractivity contribution in [1.29, 1.82) is 0 Å². The highest BCUT2D eigenvalue weighted by Gasteiger charge is 2.11. The van der Waals surface area contributed by atoms with Gasteiger partial charge < -0.3 is 4.57 Å². The first-order valence-corrected chi connectivity index (χ1v) is 6.66. The minimum Gasteiger partial charge on any atom is -0.332 e. The summed E-state index contributed by atoms with van der Waals surface area (Å²) in [4.78, 5) is 4.38. The molecular weight excluding hydrogens is 279 g/mol. The lowest BCUT2D eigenvalue weighted by Gasteiger charge is -2.07. The summed E-state index contributed by atoms with van der Waals surface area (Å²) >= 11 is 12.4. The Balaban J connectivity index is 2.09. The smallest absolute Gasteiger partial charge is 0.139 e. The molecule has 4 heteroatoms. The van der Waals surface area contributed by atoms with Gasteiger partial charge in [-0.2, -0.15) is 0 Å². The average Bonchev–Trinajstić information content (AvgIpc) is 2.72. The molecule has 0 fully saturated rings.